The first-order valence-corrected chi connectivity index (χ1v) is 1.59. The number of hydrogen-bond acceptors (Lipinski definition) is 1. The van der Waals surface area contributed by atoms with Gasteiger partial charge >= 0.3 is 0 Å². The van der Waals surface area contributed by atoms with E-state index in [0.29, 0.717) is 5.70 Å². The molecule has 0 unspecified atom stereocenters. The normalized spacial score (nSPS) is 6.83. The fourth-order valence-corrected chi connectivity index (χ4v) is 0.121. The van der Waals surface area contributed by atoms with Crippen LogP contribution in [-0.4, -0.2) is 6.72 Å². The van der Waals surface area contributed by atoms with Gasteiger partial charge in [-0.25, -0.2) is 0 Å². The van der Waals surface area contributed by atoms with Crippen LogP contribution in [0.25, 0.3) is 5.43 Å². The Bertz CT molecular complexity index is 65.9. The molecule has 0 aromatic heterocycles. The molecule has 0 atom stereocenters. The van der Waals surface area contributed by atoms with Crippen LogP contribution >= 0.6 is 0 Å². The fourth-order valence-electron chi connectivity index (χ4n) is 0.121. The van der Waals surface area contributed by atoms with Crippen LogP contribution in [-0.2, 0) is 0 Å². The van der Waals surface area contributed by atoms with Crippen LogP contribution in [0.5, 0.6) is 0 Å². The molecule has 2 nitrogen and oxygen atoms in total. The van der Waals surface area contributed by atoms with E-state index in [2.05, 4.69) is 23.8 Å². The third-order valence-corrected chi connectivity index (χ3v) is 0.241. The van der Waals surface area contributed by atoms with Gasteiger partial charge < -0.3 is 10.5 Å². The number of hydrogen-bond donors (Lipinski definition) is 0. The second-order valence-electron chi connectivity index (χ2n) is 0.977. The van der Waals surface area contributed by atoms with Gasteiger partial charge in [0.1, 0.15) is 0 Å². The zero-order chi connectivity index (χ0) is 4.99. The fraction of sp³-hybridized carbons (Fsp3) is 0.250. The highest BCUT2D eigenvalue weighted by atomic mass is 15.3. The molecule has 0 amide bonds. The van der Waals surface area contributed by atoms with E-state index < -0.39 is 0 Å². The lowest BCUT2D eigenvalue weighted by Crippen LogP contribution is -1.58. The van der Waals surface area contributed by atoms with Crippen LogP contribution in [0.4, 0.5) is 0 Å². The van der Waals surface area contributed by atoms with Crippen molar-refractivity contribution in [2.24, 2.45) is 5.10 Å². The van der Waals surface area contributed by atoms with Crippen molar-refractivity contribution >= 4 is 6.72 Å². The molecule has 0 aromatic carbocycles. The molecule has 0 saturated heterocycles. The van der Waals surface area contributed by atoms with E-state index in [1.807, 2.05) is 0 Å². The lowest BCUT2D eigenvalue weighted by molar-refractivity contribution is 1.35. The molecule has 0 bridgehead atoms. The molecule has 0 N–H and O–H groups in total. The zero-order valence-electron chi connectivity index (χ0n) is 3.81. The average molecular weight is 83.1 g/mol. The van der Waals surface area contributed by atoms with E-state index >= 15 is 0 Å². The number of allylic oxidation sites excluding steroid dienone is 1. The van der Waals surface area contributed by atoms with E-state index in [9.17, 15) is 0 Å². The maximum absolute atomic E-state index is 3.44. The first kappa shape index (κ1) is 5.21. The van der Waals surface area contributed by atoms with Crippen molar-refractivity contribution in [3.05, 3.63) is 17.7 Å². The van der Waals surface area contributed by atoms with Gasteiger partial charge in [-0.05, 0) is 6.72 Å². The van der Waals surface area contributed by atoms with Crippen LogP contribution < -0.4 is 0 Å². The molecule has 0 radical (unpaired) electrons. The molecular weight excluding hydrogens is 76.1 g/mol. The minimum atomic E-state index is 0.685. The van der Waals surface area contributed by atoms with Gasteiger partial charge in [0.15, 0.2) is 0 Å². The molecule has 0 saturated carbocycles. The maximum atomic E-state index is 3.44. The van der Waals surface area contributed by atoms with Crippen LogP contribution in [0.3, 0.4) is 0 Å². The molecule has 0 spiro atoms. The van der Waals surface area contributed by atoms with Gasteiger partial charge in [0.2, 0.25) is 0 Å². The predicted molar refractivity (Wildman–Crippen MR) is 27.7 cm³/mol. The van der Waals surface area contributed by atoms with Crippen molar-refractivity contribution in [1.82, 2.24) is 0 Å². The van der Waals surface area contributed by atoms with Crippen molar-refractivity contribution in [2.45, 2.75) is 6.92 Å². The summed E-state index contributed by atoms with van der Waals surface area (Å²) in [4.78, 5) is 0. The summed E-state index contributed by atoms with van der Waals surface area (Å²) in [5, 5.41) is 3.21. The molecule has 0 rings (SSSR count). The Morgan fingerprint density at radius 2 is 2.33 bits per heavy atom. The Morgan fingerprint density at radius 1 is 1.83 bits per heavy atom. The molecule has 2 heteroatoms. The van der Waals surface area contributed by atoms with E-state index in [-0.39, 0.29) is 0 Å². The van der Waals surface area contributed by atoms with Crippen molar-refractivity contribution < 1.29 is 0 Å². The molecule has 34 valence electrons. The quantitative estimate of drug-likeness (QED) is 0.357. The standard InChI is InChI=1S/C4H7N2/c1-4(2)6-5-3/h1,3H2,2H3/q-1. The van der Waals surface area contributed by atoms with Gasteiger partial charge in [-0.1, -0.05) is 6.92 Å². The van der Waals surface area contributed by atoms with Crippen LogP contribution in [0.2, 0.25) is 0 Å². The van der Waals surface area contributed by atoms with Crippen LogP contribution in [0, 0.1) is 0 Å². The van der Waals surface area contributed by atoms with Gasteiger partial charge in [0.05, 0.1) is 0 Å². The highest BCUT2D eigenvalue weighted by molar-refractivity contribution is 5.28. The monoisotopic (exact) mass is 83.1 g/mol. The first-order valence-electron chi connectivity index (χ1n) is 1.59. The molecule has 0 aliphatic carbocycles. The summed E-state index contributed by atoms with van der Waals surface area (Å²) in [5.74, 6) is 0. The summed E-state index contributed by atoms with van der Waals surface area (Å²) < 4.78 is 0. The Kier molecular flexibility index (Phi) is 2.13. The first-order chi connectivity index (χ1) is 2.77. The summed E-state index contributed by atoms with van der Waals surface area (Å²) in [5.41, 5.74) is 4.13. The van der Waals surface area contributed by atoms with Gasteiger partial charge in [0.25, 0.3) is 0 Å². The average Bonchev–Trinajstić information content (AvgIpc) is 1.35. The van der Waals surface area contributed by atoms with Crippen molar-refractivity contribution in [1.29, 1.82) is 0 Å². The lowest BCUT2D eigenvalue weighted by Gasteiger charge is -2.10. The molecule has 0 heterocycles. The number of nitrogens with zero attached hydrogens (tertiary/aromatic N) is 2. The molecule has 0 fully saturated rings. The smallest absolute Gasteiger partial charge is 0.0327 e. The molecule has 6 heavy (non-hydrogen) atoms. The summed E-state index contributed by atoms with van der Waals surface area (Å²) in [6.07, 6.45) is 0. The summed E-state index contributed by atoms with van der Waals surface area (Å²) in [6, 6.07) is 0. The van der Waals surface area contributed by atoms with Gasteiger partial charge in [-0.3, -0.25) is 0 Å². The van der Waals surface area contributed by atoms with Gasteiger partial charge in [-0.2, -0.15) is 5.70 Å². The third kappa shape index (κ3) is 3.21. The highest BCUT2D eigenvalue weighted by Gasteiger charge is 1.50. The Balaban J connectivity index is 3.05. The van der Waals surface area contributed by atoms with E-state index in [4.69, 9.17) is 0 Å². The summed E-state index contributed by atoms with van der Waals surface area (Å²) in [7, 11) is 0. The van der Waals surface area contributed by atoms with Gasteiger partial charge in [-0.15, -0.1) is 6.58 Å². The Morgan fingerprint density at radius 3 is 2.33 bits per heavy atom. The third-order valence-electron chi connectivity index (χ3n) is 0.241. The second kappa shape index (κ2) is 2.45. The Hall–Kier alpha value is -0.790. The second-order valence-corrected chi connectivity index (χ2v) is 0.977. The van der Waals surface area contributed by atoms with E-state index in [1.165, 1.54) is 0 Å². The van der Waals surface area contributed by atoms with Gasteiger partial charge in [0, 0.05) is 0 Å². The van der Waals surface area contributed by atoms with E-state index in [1.54, 1.807) is 6.92 Å². The van der Waals surface area contributed by atoms with E-state index in [0.717, 1.165) is 0 Å². The Labute approximate surface area is 37.6 Å². The SMILES string of the molecule is C=N[N-]C(=C)C. The molecule has 0 aliphatic rings. The molecular formula is C4H7N2-. The molecule has 0 aliphatic heterocycles. The van der Waals surface area contributed by atoms with Crippen LogP contribution in [0.1, 0.15) is 6.92 Å². The highest BCUT2D eigenvalue weighted by Crippen LogP contribution is 1.96. The minimum Gasteiger partial charge on any atom is -0.580 e. The van der Waals surface area contributed by atoms with Crippen LogP contribution in [0.15, 0.2) is 17.4 Å². The molecule has 0 aromatic rings. The minimum absolute atomic E-state index is 0.685. The maximum Gasteiger partial charge on any atom is -0.0327 e. The van der Waals surface area contributed by atoms with Crippen molar-refractivity contribution in [2.75, 3.05) is 0 Å². The summed E-state index contributed by atoms with van der Waals surface area (Å²) in [6.45, 7) is 8.33. The lowest BCUT2D eigenvalue weighted by atomic mass is 10.6. The van der Waals surface area contributed by atoms with Crippen molar-refractivity contribution in [3.8, 4) is 0 Å². The topological polar surface area (TPSA) is 26.5 Å². The number of rotatable bonds is 2. The predicted octanol–water partition coefficient (Wildman–Crippen LogP) is 1.51. The summed E-state index contributed by atoms with van der Waals surface area (Å²) >= 11 is 0. The largest absolute Gasteiger partial charge is 0.580 e. The van der Waals surface area contributed by atoms with Crippen molar-refractivity contribution in [3.63, 3.8) is 0 Å². The zero-order valence-corrected chi connectivity index (χ0v) is 3.81.